The van der Waals surface area contributed by atoms with Crippen molar-refractivity contribution in [3.63, 3.8) is 0 Å². The van der Waals surface area contributed by atoms with E-state index in [9.17, 15) is 9.59 Å². The van der Waals surface area contributed by atoms with Crippen LogP contribution >= 0.6 is 0 Å². The predicted octanol–water partition coefficient (Wildman–Crippen LogP) is 0.233. The molecule has 15 heavy (non-hydrogen) atoms. The molecule has 0 unspecified atom stereocenters. The van der Waals surface area contributed by atoms with E-state index in [1.54, 1.807) is 0 Å². The smallest absolute Gasteiger partial charge is 0.328 e. The maximum absolute atomic E-state index is 11.6. The van der Waals surface area contributed by atoms with Crippen LogP contribution < -0.4 is 5.32 Å². The number of amides is 1. The topological polar surface area (TPSA) is 64.6 Å². The second-order valence-corrected chi connectivity index (χ2v) is 3.49. The van der Waals surface area contributed by atoms with Crippen LogP contribution in [-0.2, 0) is 19.1 Å². The van der Waals surface area contributed by atoms with Crippen molar-refractivity contribution in [1.82, 2.24) is 5.32 Å². The zero-order valence-corrected chi connectivity index (χ0v) is 9.12. The van der Waals surface area contributed by atoms with Crippen molar-refractivity contribution < 1.29 is 19.1 Å². The van der Waals surface area contributed by atoms with Crippen molar-refractivity contribution in [2.24, 2.45) is 0 Å². The molecule has 0 bridgehead atoms. The number of esters is 1. The minimum Gasteiger partial charge on any atom is -0.467 e. The molecule has 0 spiro atoms. The minimum atomic E-state index is -0.563. The zero-order chi connectivity index (χ0) is 11.3. The van der Waals surface area contributed by atoms with E-state index in [4.69, 9.17) is 4.74 Å². The summed E-state index contributed by atoms with van der Waals surface area (Å²) < 4.78 is 9.78. The van der Waals surface area contributed by atoms with E-state index >= 15 is 0 Å². The summed E-state index contributed by atoms with van der Waals surface area (Å²) in [4.78, 5) is 22.8. The highest BCUT2D eigenvalue weighted by molar-refractivity contribution is 5.87. The molecule has 5 nitrogen and oxygen atoms in total. The average molecular weight is 215 g/mol. The van der Waals surface area contributed by atoms with E-state index in [2.05, 4.69) is 10.1 Å². The van der Waals surface area contributed by atoms with Crippen molar-refractivity contribution in [3.8, 4) is 0 Å². The first-order valence-electron chi connectivity index (χ1n) is 5.18. The third-order valence-electron chi connectivity index (χ3n) is 2.43. The van der Waals surface area contributed by atoms with Crippen LogP contribution in [0.4, 0.5) is 0 Å². The average Bonchev–Trinajstić information content (AvgIpc) is 2.77. The van der Waals surface area contributed by atoms with Crippen molar-refractivity contribution in [2.75, 3.05) is 13.7 Å². The molecule has 0 saturated carbocycles. The normalized spacial score (nSPS) is 22.1. The Labute approximate surface area is 89.1 Å². The van der Waals surface area contributed by atoms with E-state index in [0.29, 0.717) is 13.0 Å². The number of hydrogen-bond donors (Lipinski definition) is 1. The van der Waals surface area contributed by atoms with E-state index in [1.807, 2.05) is 6.92 Å². The highest BCUT2D eigenvalue weighted by Crippen LogP contribution is 2.12. The van der Waals surface area contributed by atoms with Gasteiger partial charge >= 0.3 is 5.97 Å². The Kier molecular flexibility index (Phi) is 4.55. The molecule has 1 fully saturated rings. The molecule has 1 saturated heterocycles. The maximum atomic E-state index is 11.6. The van der Waals surface area contributed by atoms with Gasteiger partial charge in [-0.1, -0.05) is 6.92 Å². The highest BCUT2D eigenvalue weighted by atomic mass is 16.5. The lowest BCUT2D eigenvalue weighted by molar-refractivity contribution is -0.146. The van der Waals surface area contributed by atoms with Crippen LogP contribution in [0.15, 0.2) is 0 Å². The highest BCUT2D eigenvalue weighted by Gasteiger charge is 2.27. The summed E-state index contributed by atoms with van der Waals surface area (Å²) in [5, 5.41) is 2.62. The van der Waals surface area contributed by atoms with Gasteiger partial charge in [-0.05, 0) is 19.3 Å². The standard InChI is InChI=1S/C10H17NO4/c1-3-7(10(13)14-2)11-9(12)8-5-4-6-15-8/h7-8H,3-6H2,1-2H3,(H,11,12)/t7-,8-/m1/s1. The Morgan fingerprint density at radius 2 is 2.33 bits per heavy atom. The van der Waals surface area contributed by atoms with E-state index in [1.165, 1.54) is 7.11 Å². The molecule has 86 valence electrons. The number of nitrogens with one attached hydrogen (secondary N) is 1. The van der Waals surface area contributed by atoms with E-state index in [0.717, 1.165) is 12.8 Å². The van der Waals surface area contributed by atoms with Gasteiger partial charge in [0.25, 0.3) is 0 Å². The lowest BCUT2D eigenvalue weighted by atomic mass is 10.2. The molecular formula is C10H17NO4. The molecule has 0 aromatic heterocycles. The number of carbonyl (C=O) groups excluding carboxylic acids is 2. The van der Waals surface area contributed by atoms with Gasteiger partial charge in [-0.3, -0.25) is 4.79 Å². The molecule has 5 heteroatoms. The maximum Gasteiger partial charge on any atom is 0.328 e. The predicted molar refractivity (Wildman–Crippen MR) is 53.2 cm³/mol. The summed E-state index contributed by atoms with van der Waals surface area (Å²) >= 11 is 0. The molecule has 1 heterocycles. The Bertz CT molecular complexity index is 236. The monoisotopic (exact) mass is 215 g/mol. The number of methoxy groups -OCH3 is 1. The second kappa shape index (κ2) is 5.70. The van der Waals surface area contributed by atoms with Gasteiger partial charge in [0, 0.05) is 6.61 Å². The Hall–Kier alpha value is -1.10. The van der Waals surface area contributed by atoms with Crippen molar-refractivity contribution in [1.29, 1.82) is 0 Å². The van der Waals surface area contributed by atoms with Gasteiger partial charge in [-0.15, -0.1) is 0 Å². The molecule has 1 amide bonds. The van der Waals surface area contributed by atoms with Crippen LogP contribution in [0, 0.1) is 0 Å². The summed E-state index contributed by atoms with van der Waals surface area (Å²) in [6.45, 7) is 2.43. The molecule has 2 atom stereocenters. The van der Waals surface area contributed by atoms with Gasteiger partial charge in [0.1, 0.15) is 12.1 Å². The Morgan fingerprint density at radius 3 is 2.80 bits per heavy atom. The summed E-state index contributed by atoms with van der Waals surface area (Å²) in [6.07, 6.45) is 1.74. The molecule has 0 radical (unpaired) electrons. The SMILES string of the molecule is CC[C@@H](NC(=O)[C@H]1CCCO1)C(=O)OC. The molecule has 1 rings (SSSR count). The first-order chi connectivity index (χ1) is 7.19. The number of ether oxygens (including phenoxy) is 2. The molecule has 0 aliphatic carbocycles. The van der Waals surface area contributed by atoms with Crippen LogP contribution in [0.2, 0.25) is 0 Å². The lowest BCUT2D eigenvalue weighted by Gasteiger charge is -2.16. The lowest BCUT2D eigenvalue weighted by Crippen LogP contribution is -2.45. The van der Waals surface area contributed by atoms with Gasteiger partial charge in [-0.2, -0.15) is 0 Å². The van der Waals surface area contributed by atoms with Crippen LogP contribution in [0.25, 0.3) is 0 Å². The first kappa shape index (κ1) is 12.0. The third-order valence-corrected chi connectivity index (χ3v) is 2.43. The second-order valence-electron chi connectivity index (χ2n) is 3.49. The van der Waals surface area contributed by atoms with Gasteiger partial charge < -0.3 is 14.8 Å². The fourth-order valence-corrected chi connectivity index (χ4v) is 1.52. The summed E-state index contributed by atoms with van der Waals surface area (Å²) in [7, 11) is 1.31. The van der Waals surface area contributed by atoms with Gasteiger partial charge in [0.05, 0.1) is 7.11 Å². The van der Waals surface area contributed by atoms with Crippen molar-refractivity contribution in [2.45, 2.75) is 38.3 Å². The van der Waals surface area contributed by atoms with Crippen molar-refractivity contribution >= 4 is 11.9 Å². The molecular weight excluding hydrogens is 198 g/mol. The molecule has 0 aromatic carbocycles. The number of carbonyl (C=O) groups is 2. The van der Waals surface area contributed by atoms with Gasteiger partial charge in [0.2, 0.25) is 5.91 Å². The van der Waals surface area contributed by atoms with Crippen LogP contribution in [0.5, 0.6) is 0 Å². The first-order valence-corrected chi connectivity index (χ1v) is 5.18. The summed E-state index contributed by atoms with van der Waals surface area (Å²) in [5.41, 5.74) is 0. The van der Waals surface area contributed by atoms with E-state index < -0.39 is 18.1 Å². The summed E-state index contributed by atoms with van der Waals surface area (Å²) in [5.74, 6) is -0.631. The van der Waals surface area contributed by atoms with Crippen LogP contribution in [-0.4, -0.2) is 37.7 Å². The van der Waals surface area contributed by atoms with Crippen LogP contribution in [0.1, 0.15) is 26.2 Å². The number of hydrogen-bond acceptors (Lipinski definition) is 4. The third kappa shape index (κ3) is 3.20. The van der Waals surface area contributed by atoms with E-state index in [-0.39, 0.29) is 5.91 Å². The molecule has 1 aliphatic heterocycles. The molecule has 1 N–H and O–H groups in total. The quantitative estimate of drug-likeness (QED) is 0.682. The van der Waals surface area contributed by atoms with Gasteiger partial charge in [0.15, 0.2) is 0 Å². The van der Waals surface area contributed by atoms with Crippen LogP contribution in [0.3, 0.4) is 0 Å². The fourth-order valence-electron chi connectivity index (χ4n) is 1.52. The van der Waals surface area contributed by atoms with Gasteiger partial charge in [-0.25, -0.2) is 4.79 Å². The number of rotatable bonds is 4. The Morgan fingerprint density at radius 1 is 1.60 bits per heavy atom. The molecule has 1 aliphatic rings. The largest absolute Gasteiger partial charge is 0.467 e. The Balaban J connectivity index is 2.43. The van der Waals surface area contributed by atoms with Crippen molar-refractivity contribution in [3.05, 3.63) is 0 Å². The zero-order valence-electron chi connectivity index (χ0n) is 9.12. The minimum absolute atomic E-state index is 0.218. The molecule has 0 aromatic rings. The fraction of sp³-hybridized carbons (Fsp3) is 0.800. The summed E-state index contributed by atoms with van der Waals surface area (Å²) in [6, 6.07) is -0.563.